The van der Waals surface area contributed by atoms with Crippen molar-refractivity contribution in [3.05, 3.63) is 108 Å². The summed E-state index contributed by atoms with van der Waals surface area (Å²) < 4.78 is 3.22. The number of rotatable bonds is 4. The summed E-state index contributed by atoms with van der Waals surface area (Å²) in [5.74, 6) is 6.14. The normalized spacial score (nSPS) is 11.7. The molecule has 39 heavy (non-hydrogen) atoms. The van der Waals surface area contributed by atoms with Crippen molar-refractivity contribution in [2.75, 3.05) is 5.73 Å². The zero-order valence-corrected chi connectivity index (χ0v) is 21.3. The molecular weight excluding hydrogens is 488 g/mol. The Balaban J connectivity index is 1.43. The summed E-state index contributed by atoms with van der Waals surface area (Å²) >= 11 is 0. The number of aromatic nitrogens is 6. The number of anilines is 1. The number of fused-ring (bicyclic) bond motifs is 2. The Hall–Kier alpha value is -5.49. The Kier molecular flexibility index (Phi) is 5.98. The topological polar surface area (TPSA) is 116 Å². The van der Waals surface area contributed by atoms with E-state index in [0.717, 1.165) is 33.3 Å². The van der Waals surface area contributed by atoms with Crippen LogP contribution in [0.3, 0.4) is 0 Å². The number of nitrogens with two attached hydrogens (primary N) is 1. The lowest BCUT2D eigenvalue weighted by Crippen LogP contribution is -2.28. The zero-order chi connectivity index (χ0) is 26.9. The van der Waals surface area contributed by atoms with E-state index < -0.39 is 6.04 Å². The number of pyridine rings is 1. The minimum atomic E-state index is -0.446. The van der Waals surface area contributed by atoms with Crippen LogP contribution in [0.2, 0.25) is 0 Å². The molecule has 0 fully saturated rings. The highest BCUT2D eigenvalue weighted by Gasteiger charge is 2.23. The molecule has 0 saturated heterocycles. The van der Waals surface area contributed by atoms with Gasteiger partial charge < -0.3 is 11.1 Å². The number of nitrogen functional groups attached to an aromatic ring is 1. The number of benzene rings is 2. The molecular formula is C30H24N8O. The fourth-order valence-electron chi connectivity index (χ4n) is 4.57. The standard InChI is InChI=1S/C30H24N8O/c1-19(33-30(39)26-28(31)36-38-16-7-15-32-29(26)38)27-24(20-8-4-3-5-9-20)18-23-21(10-6-11-25(23)34-27)12-13-22-14-17-37(2)35-22/h3-11,14-19H,1-2H3,(H2,31,36)(H,33,39)/t19-/m1/s1. The van der Waals surface area contributed by atoms with E-state index in [1.54, 1.807) is 23.1 Å². The summed E-state index contributed by atoms with van der Waals surface area (Å²) in [5, 5.41) is 12.5. The first-order chi connectivity index (χ1) is 19.0. The molecule has 1 atom stereocenters. The number of nitrogens with zero attached hydrogens (tertiary/aromatic N) is 6. The molecule has 6 rings (SSSR count). The van der Waals surface area contributed by atoms with E-state index in [9.17, 15) is 4.79 Å². The van der Waals surface area contributed by atoms with E-state index in [0.29, 0.717) is 11.3 Å². The van der Waals surface area contributed by atoms with Gasteiger partial charge in [-0.15, -0.1) is 5.10 Å². The molecule has 0 aliphatic carbocycles. The quantitative estimate of drug-likeness (QED) is 0.343. The van der Waals surface area contributed by atoms with Crippen molar-refractivity contribution in [2.24, 2.45) is 7.05 Å². The molecule has 0 bridgehead atoms. The van der Waals surface area contributed by atoms with Gasteiger partial charge in [0.05, 0.1) is 17.3 Å². The van der Waals surface area contributed by atoms with Crippen LogP contribution in [0.15, 0.2) is 85.3 Å². The lowest BCUT2D eigenvalue weighted by molar-refractivity contribution is 0.0941. The van der Waals surface area contributed by atoms with E-state index in [1.807, 2.05) is 74.8 Å². The molecule has 3 N–H and O–H groups in total. The average Bonchev–Trinajstić information content (AvgIpc) is 3.52. The number of hydrogen-bond donors (Lipinski definition) is 2. The third-order valence-corrected chi connectivity index (χ3v) is 6.42. The van der Waals surface area contributed by atoms with Crippen molar-refractivity contribution in [1.29, 1.82) is 0 Å². The fraction of sp³-hybridized carbons (Fsp3) is 0.100. The third kappa shape index (κ3) is 4.55. The monoisotopic (exact) mass is 512 g/mol. The molecule has 0 spiro atoms. The summed E-state index contributed by atoms with van der Waals surface area (Å²) in [5.41, 5.74) is 11.6. The van der Waals surface area contributed by atoms with Gasteiger partial charge in [0.1, 0.15) is 11.3 Å². The highest BCUT2D eigenvalue weighted by molar-refractivity contribution is 6.04. The maximum Gasteiger partial charge on any atom is 0.259 e. The first kappa shape index (κ1) is 23.9. The second-order valence-electron chi connectivity index (χ2n) is 9.13. The number of hydrogen-bond acceptors (Lipinski definition) is 6. The molecule has 9 heteroatoms. The van der Waals surface area contributed by atoms with Crippen LogP contribution < -0.4 is 11.1 Å². The van der Waals surface area contributed by atoms with Gasteiger partial charge >= 0.3 is 0 Å². The first-order valence-electron chi connectivity index (χ1n) is 12.4. The van der Waals surface area contributed by atoms with Crippen molar-refractivity contribution in [3.8, 4) is 23.0 Å². The fourth-order valence-corrected chi connectivity index (χ4v) is 4.57. The van der Waals surface area contributed by atoms with Gasteiger partial charge in [-0.3, -0.25) is 9.48 Å². The highest BCUT2D eigenvalue weighted by atomic mass is 16.1. The van der Waals surface area contributed by atoms with Crippen molar-refractivity contribution in [3.63, 3.8) is 0 Å². The highest BCUT2D eigenvalue weighted by Crippen LogP contribution is 2.32. The van der Waals surface area contributed by atoms with Crippen LogP contribution in [-0.4, -0.2) is 35.3 Å². The van der Waals surface area contributed by atoms with Gasteiger partial charge in [-0.2, -0.15) is 5.10 Å². The van der Waals surface area contributed by atoms with Gasteiger partial charge in [0.2, 0.25) is 0 Å². The Labute approximate surface area is 224 Å². The predicted octanol–water partition coefficient (Wildman–Crippen LogP) is 4.15. The van der Waals surface area contributed by atoms with Gasteiger partial charge in [0.15, 0.2) is 11.5 Å². The minimum Gasteiger partial charge on any atom is -0.381 e. The van der Waals surface area contributed by atoms with Crippen molar-refractivity contribution in [1.82, 2.24) is 34.7 Å². The summed E-state index contributed by atoms with van der Waals surface area (Å²) in [6.45, 7) is 1.90. The molecule has 2 aromatic carbocycles. The molecule has 0 unspecified atom stereocenters. The van der Waals surface area contributed by atoms with Crippen LogP contribution in [-0.2, 0) is 7.05 Å². The molecule has 4 aromatic heterocycles. The minimum absolute atomic E-state index is 0.115. The van der Waals surface area contributed by atoms with E-state index in [-0.39, 0.29) is 17.3 Å². The van der Waals surface area contributed by atoms with Crippen molar-refractivity contribution in [2.45, 2.75) is 13.0 Å². The van der Waals surface area contributed by atoms with E-state index in [4.69, 9.17) is 10.7 Å². The molecule has 6 aromatic rings. The maximum atomic E-state index is 13.4. The lowest BCUT2D eigenvalue weighted by Gasteiger charge is -2.19. The summed E-state index contributed by atoms with van der Waals surface area (Å²) in [4.78, 5) is 22.7. The van der Waals surface area contributed by atoms with E-state index in [1.165, 1.54) is 4.52 Å². The van der Waals surface area contributed by atoms with Crippen LogP contribution in [0.25, 0.3) is 27.7 Å². The predicted molar refractivity (Wildman–Crippen MR) is 150 cm³/mol. The Bertz CT molecular complexity index is 1910. The number of carbonyl (C=O) groups excluding carboxylic acids is 1. The number of carbonyl (C=O) groups is 1. The smallest absolute Gasteiger partial charge is 0.259 e. The van der Waals surface area contributed by atoms with Crippen LogP contribution in [0.4, 0.5) is 5.82 Å². The molecule has 0 aliphatic heterocycles. The average molecular weight is 513 g/mol. The van der Waals surface area contributed by atoms with Crippen molar-refractivity contribution >= 4 is 28.3 Å². The summed E-state index contributed by atoms with van der Waals surface area (Å²) in [7, 11) is 1.86. The molecule has 1 amide bonds. The van der Waals surface area contributed by atoms with Crippen LogP contribution in [0, 0.1) is 11.8 Å². The van der Waals surface area contributed by atoms with E-state index in [2.05, 4.69) is 38.4 Å². The second kappa shape index (κ2) is 9.76. The third-order valence-electron chi connectivity index (χ3n) is 6.42. The maximum absolute atomic E-state index is 13.4. The largest absolute Gasteiger partial charge is 0.381 e. The summed E-state index contributed by atoms with van der Waals surface area (Å²) in [6, 6.07) is 21.1. The van der Waals surface area contributed by atoms with Crippen LogP contribution in [0.5, 0.6) is 0 Å². The molecule has 0 radical (unpaired) electrons. The lowest BCUT2D eigenvalue weighted by atomic mass is 9.96. The van der Waals surface area contributed by atoms with E-state index >= 15 is 0 Å². The zero-order valence-electron chi connectivity index (χ0n) is 21.3. The number of nitrogens with one attached hydrogen (secondary N) is 1. The summed E-state index contributed by atoms with van der Waals surface area (Å²) in [6.07, 6.45) is 5.16. The van der Waals surface area contributed by atoms with Gasteiger partial charge in [-0.1, -0.05) is 42.3 Å². The first-order valence-corrected chi connectivity index (χ1v) is 12.4. The molecule has 9 nitrogen and oxygen atoms in total. The van der Waals surface area contributed by atoms with Crippen LogP contribution in [0.1, 0.15) is 40.3 Å². The number of amides is 1. The Morgan fingerprint density at radius 2 is 1.85 bits per heavy atom. The van der Waals surface area contributed by atoms with Gasteiger partial charge in [0, 0.05) is 42.2 Å². The molecule has 190 valence electrons. The Morgan fingerprint density at radius 1 is 1.00 bits per heavy atom. The molecule has 4 heterocycles. The van der Waals surface area contributed by atoms with Crippen molar-refractivity contribution < 1.29 is 4.79 Å². The van der Waals surface area contributed by atoms with Crippen LogP contribution >= 0.6 is 0 Å². The Morgan fingerprint density at radius 3 is 2.64 bits per heavy atom. The number of aryl methyl sites for hydroxylation is 1. The molecule has 0 saturated carbocycles. The SMILES string of the molecule is C[C@@H](NC(=O)c1c(N)nn2cccnc12)c1nc2cccc(C#Cc3ccn(C)n3)c2cc1-c1ccccc1. The van der Waals surface area contributed by atoms with Gasteiger partial charge in [0.25, 0.3) is 5.91 Å². The second-order valence-corrected chi connectivity index (χ2v) is 9.13. The molecule has 0 aliphatic rings. The van der Waals surface area contributed by atoms with Gasteiger partial charge in [-0.05, 0) is 48.7 Å². The van der Waals surface area contributed by atoms with Gasteiger partial charge in [-0.25, -0.2) is 14.5 Å².